The van der Waals surface area contributed by atoms with E-state index in [0.717, 1.165) is 44.4 Å². The Kier molecular flexibility index (Phi) is 10.5. The number of anilines is 4. The predicted molar refractivity (Wildman–Crippen MR) is 171 cm³/mol. The normalized spacial score (nSPS) is 11.0. The molecule has 0 aliphatic heterocycles. The van der Waals surface area contributed by atoms with Crippen LogP contribution >= 0.6 is 22.7 Å². The Balaban J connectivity index is 1.37. The highest BCUT2D eigenvalue weighted by Gasteiger charge is 2.24. The van der Waals surface area contributed by atoms with Crippen LogP contribution in [0.5, 0.6) is 5.75 Å². The molecule has 0 fully saturated rings. The van der Waals surface area contributed by atoms with Crippen LogP contribution < -0.4 is 15.0 Å². The highest BCUT2D eigenvalue weighted by atomic mass is 32.1. The van der Waals surface area contributed by atoms with E-state index in [2.05, 4.69) is 20.5 Å². The molecule has 5 aromatic rings. The number of thiazole rings is 2. The van der Waals surface area contributed by atoms with Gasteiger partial charge in [-0.2, -0.15) is 0 Å². The number of fused-ring (bicyclic) bond motifs is 1. The van der Waals surface area contributed by atoms with Gasteiger partial charge in [-0.1, -0.05) is 41.7 Å². The second kappa shape index (κ2) is 14.9. The van der Waals surface area contributed by atoms with Crippen LogP contribution in [0.1, 0.15) is 40.7 Å². The average molecular weight is 619 g/mol. The van der Waals surface area contributed by atoms with Crippen LogP contribution in [0.3, 0.4) is 0 Å². The zero-order chi connectivity index (χ0) is 30.0. The maximum absolute atomic E-state index is 12.9. The highest BCUT2D eigenvalue weighted by Crippen LogP contribution is 2.34. The predicted octanol–water partition coefficient (Wildman–Crippen LogP) is 6.96. The number of hydrogen-bond acceptors (Lipinski definition) is 12. The molecule has 0 bridgehead atoms. The molecular formula is C31H34N6O4S2. The molecule has 0 aliphatic rings. The van der Waals surface area contributed by atoms with Gasteiger partial charge in [0.15, 0.2) is 27.6 Å². The minimum atomic E-state index is -0.432. The summed E-state index contributed by atoms with van der Waals surface area (Å²) in [6.45, 7) is 5.71. The minimum absolute atomic E-state index is 0.271. The second-order valence-corrected chi connectivity index (χ2v) is 11.7. The summed E-state index contributed by atoms with van der Waals surface area (Å²) in [6, 6.07) is 19.7. The van der Waals surface area contributed by atoms with Gasteiger partial charge in [-0.15, -0.1) is 21.5 Å². The van der Waals surface area contributed by atoms with Gasteiger partial charge in [0.25, 0.3) is 0 Å². The zero-order valence-electron chi connectivity index (χ0n) is 24.4. The van der Waals surface area contributed by atoms with Crippen LogP contribution in [-0.4, -0.2) is 59.6 Å². The summed E-state index contributed by atoms with van der Waals surface area (Å²) < 4.78 is 17.6. The third kappa shape index (κ3) is 7.83. The number of rotatable bonds is 15. The monoisotopic (exact) mass is 618 g/mol. The molecule has 3 heterocycles. The summed E-state index contributed by atoms with van der Waals surface area (Å²) >= 11 is 3.03. The summed E-state index contributed by atoms with van der Waals surface area (Å²) in [5, 5.41) is 13.8. The first-order chi connectivity index (χ1) is 21.1. The van der Waals surface area contributed by atoms with Crippen LogP contribution in [0, 0.1) is 6.92 Å². The molecule has 10 nitrogen and oxygen atoms in total. The highest BCUT2D eigenvalue weighted by molar-refractivity contribution is 7.22. The van der Waals surface area contributed by atoms with Crippen molar-refractivity contribution in [1.82, 2.24) is 20.2 Å². The Morgan fingerprint density at radius 1 is 0.977 bits per heavy atom. The van der Waals surface area contributed by atoms with Gasteiger partial charge < -0.3 is 24.4 Å². The van der Waals surface area contributed by atoms with Gasteiger partial charge in [0.2, 0.25) is 0 Å². The van der Waals surface area contributed by atoms with E-state index in [0.29, 0.717) is 48.6 Å². The van der Waals surface area contributed by atoms with E-state index in [1.54, 1.807) is 25.4 Å². The molecule has 0 atom stereocenters. The van der Waals surface area contributed by atoms with Gasteiger partial charge in [-0.3, -0.25) is 0 Å². The van der Waals surface area contributed by atoms with Crippen molar-refractivity contribution in [3.05, 3.63) is 76.8 Å². The number of methoxy groups -OCH3 is 1. The third-order valence-electron chi connectivity index (χ3n) is 6.44. The van der Waals surface area contributed by atoms with Gasteiger partial charge in [0, 0.05) is 25.1 Å². The molecule has 0 spiro atoms. The van der Waals surface area contributed by atoms with E-state index < -0.39 is 5.97 Å². The molecule has 12 heteroatoms. The quantitative estimate of drug-likeness (QED) is 0.0976. The Morgan fingerprint density at radius 3 is 2.56 bits per heavy atom. The van der Waals surface area contributed by atoms with Crippen molar-refractivity contribution in [2.75, 3.05) is 43.7 Å². The number of benzene rings is 2. The van der Waals surface area contributed by atoms with E-state index in [1.807, 2.05) is 72.5 Å². The molecule has 0 amide bonds. The number of esters is 1. The fraction of sp³-hybridized carbons (Fsp3) is 0.323. The SMILES string of the molecule is CCOC(=O)c1nc(N(CCCOC)c2cc(C)c(Nc3nc4ccccc4s3)nn2)sc1CCCOc1ccccc1. The fourth-order valence-corrected chi connectivity index (χ4v) is 6.34. The van der Waals surface area contributed by atoms with Crippen molar-refractivity contribution in [3.8, 4) is 5.75 Å². The number of para-hydroxylation sites is 2. The molecule has 0 saturated heterocycles. The van der Waals surface area contributed by atoms with Crippen LogP contribution in [0.15, 0.2) is 60.7 Å². The summed E-state index contributed by atoms with van der Waals surface area (Å²) in [5.74, 6) is 1.65. The number of ether oxygens (including phenoxy) is 3. The lowest BCUT2D eigenvalue weighted by atomic mass is 10.2. The molecule has 43 heavy (non-hydrogen) atoms. The molecular weight excluding hydrogens is 585 g/mol. The molecule has 0 saturated carbocycles. The molecule has 5 rings (SSSR count). The number of carbonyl (C=O) groups excluding carboxylic acids is 1. The Hall–Kier alpha value is -4.13. The Bertz CT molecular complexity index is 1610. The first kappa shape index (κ1) is 30.3. The number of nitrogens with zero attached hydrogens (tertiary/aromatic N) is 5. The van der Waals surface area contributed by atoms with E-state index in [-0.39, 0.29) is 6.61 Å². The lowest BCUT2D eigenvalue weighted by Gasteiger charge is -2.21. The Labute approximate surface area is 258 Å². The second-order valence-electron chi connectivity index (χ2n) is 9.60. The molecule has 1 N–H and O–H groups in total. The fourth-order valence-electron chi connectivity index (χ4n) is 4.35. The van der Waals surface area contributed by atoms with Crippen LogP contribution in [0.25, 0.3) is 10.2 Å². The number of aromatic nitrogens is 4. The minimum Gasteiger partial charge on any atom is -0.494 e. The first-order valence-corrected chi connectivity index (χ1v) is 15.8. The summed E-state index contributed by atoms with van der Waals surface area (Å²) in [4.78, 5) is 25.1. The van der Waals surface area contributed by atoms with Crippen molar-refractivity contribution in [1.29, 1.82) is 0 Å². The molecule has 0 unspecified atom stereocenters. The molecule has 0 radical (unpaired) electrons. The van der Waals surface area contributed by atoms with Gasteiger partial charge in [0.05, 0.1) is 23.4 Å². The van der Waals surface area contributed by atoms with Crippen LogP contribution in [0.2, 0.25) is 0 Å². The smallest absolute Gasteiger partial charge is 0.358 e. The van der Waals surface area contributed by atoms with Crippen molar-refractivity contribution in [2.24, 2.45) is 0 Å². The van der Waals surface area contributed by atoms with E-state index >= 15 is 0 Å². The van der Waals surface area contributed by atoms with Crippen molar-refractivity contribution < 1.29 is 19.0 Å². The largest absolute Gasteiger partial charge is 0.494 e. The molecule has 2 aromatic carbocycles. The van der Waals surface area contributed by atoms with Gasteiger partial charge in [-0.25, -0.2) is 14.8 Å². The van der Waals surface area contributed by atoms with Crippen LogP contribution in [0.4, 0.5) is 21.9 Å². The molecule has 3 aromatic heterocycles. The molecule has 0 aliphatic carbocycles. The van der Waals surface area contributed by atoms with Crippen LogP contribution in [-0.2, 0) is 15.9 Å². The van der Waals surface area contributed by atoms with Gasteiger partial charge in [0.1, 0.15) is 5.75 Å². The maximum atomic E-state index is 12.9. The van der Waals surface area contributed by atoms with Crippen molar-refractivity contribution in [3.63, 3.8) is 0 Å². The number of hydrogen-bond donors (Lipinski definition) is 1. The maximum Gasteiger partial charge on any atom is 0.358 e. The van der Waals surface area contributed by atoms with Crippen molar-refractivity contribution >= 4 is 60.8 Å². The zero-order valence-corrected chi connectivity index (χ0v) is 26.0. The summed E-state index contributed by atoms with van der Waals surface area (Å²) in [6.07, 6.45) is 2.08. The lowest BCUT2D eigenvalue weighted by Crippen LogP contribution is -2.22. The summed E-state index contributed by atoms with van der Waals surface area (Å²) in [7, 11) is 1.68. The number of nitrogens with one attached hydrogen (secondary N) is 1. The molecule has 224 valence electrons. The third-order valence-corrected chi connectivity index (χ3v) is 8.53. The average Bonchev–Trinajstić information content (AvgIpc) is 3.63. The summed E-state index contributed by atoms with van der Waals surface area (Å²) in [5.41, 5.74) is 2.17. The van der Waals surface area contributed by atoms with Crippen molar-refractivity contribution in [2.45, 2.75) is 33.1 Å². The van der Waals surface area contributed by atoms with E-state index in [9.17, 15) is 4.79 Å². The first-order valence-electron chi connectivity index (χ1n) is 14.1. The lowest BCUT2D eigenvalue weighted by molar-refractivity contribution is 0.0519. The van der Waals surface area contributed by atoms with E-state index in [1.165, 1.54) is 11.3 Å². The Morgan fingerprint density at radius 2 is 1.79 bits per heavy atom. The van der Waals surface area contributed by atoms with Gasteiger partial charge in [-0.05, 0) is 69.0 Å². The number of aryl methyl sites for hydroxylation is 2. The van der Waals surface area contributed by atoms with E-state index in [4.69, 9.17) is 19.2 Å². The van der Waals surface area contributed by atoms with Gasteiger partial charge >= 0.3 is 5.97 Å². The standard InChI is InChI=1S/C31H34N6O4S2/c1-4-40-29(38)27-25(16-10-19-41-22-12-6-5-7-13-22)43-31(33-27)37(17-11-18-39-3)26-20-21(2)28(36-35-26)34-30-32-23-14-8-9-15-24(23)42-30/h5-9,12-15,20H,4,10-11,16-19H2,1-3H3,(H,32,34,36). The number of carbonyl (C=O) groups is 1. The topological polar surface area (TPSA) is 112 Å².